The number of halogens is 1. The van der Waals surface area contributed by atoms with E-state index in [9.17, 15) is 0 Å². The summed E-state index contributed by atoms with van der Waals surface area (Å²) in [6.45, 7) is 2.07. The highest BCUT2D eigenvalue weighted by Crippen LogP contribution is 2.15. The van der Waals surface area contributed by atoms with E-state index in [1.165, 1.54) is 11.1 Å². The second-order valence-electron chi connectivity index (χ2n) is 2.45. The molecule has 0 nitrogen and oxygen atoms in total. The summed E-state index contributed by atoms with van der Waals surface area (Å²) in [5, 5.41) is 0. The van der Waals surface area contributed by atoms with Gasteiger partial charge in [0.1, 0.15) is 0 Å². The molecule has 0 heterocycles. The monoisotopic (exact) mass is 208 g/mol. The SMILES string of the molecule is C#CCc1ccc(Br)cc1C. The second kappa shape index (κ2) is 3.59. The molecule has 0 atom stereocenters. The maximum absolute atomic E-state index is 5.21. The predicted molar refractivity (Wildman–Crippen MR) is 51.4 cm³/mol. The van der Waals surface area contributed by atoms with E-state index in [-0.39, 0.29) is 0 Å². The number of hydrogen-bond acceptors (Lipinski definition) is 0. The molecule has 0 aliphatic rings. The van der Waals surface area contributed by atoms with Gasteiger partial charge in [0, 0.05) is 10.9 Å². The molecule has 1 aromatic carbocycles. The van der Waals surface area contributed by atoms with Crippen LogP contribution in [0.5, 0.6) is 0 Å². The van der Waals surface area contributed by atoms with Crippen molar-refractivity contribution in [1.82, 2.24) is 0 Å². The molecule has 1 rings (SSSR count). The number of aryl methyl sites for hydroxylation is 1. The van der Waals surface area contributed by atoms with Crippen molar-refractivity contribution >= 4 is 15.9 Å². The standard InChI is InChI=1S/C10H9Br/c1-3-4-9-5-6-10(11)7-8(9)2/h1,5-7H,4H2,2H3. The Kier molecular flexibility index (Phi) is 2.73. The summed E-state index contributed by atoms with van der Waals surface area (Å²) in [5.41, 5.74) is 2.48. The Morgan fingerprint density at radius 3 is 2.82 bits per heavy atom. The summed E-state index contributed by atoms with van der Waals surface area (Å²) in [6, 6.07) is 6.14. The average Bonchev–Trinajstić information content (AvgIpc) is 1.95. The van der Waals surface area contributed by atoms with Crippen molar-refractivity contribution in [3.63, 3.8) is 0 Å². The van der Waals surface area contributed by atoms with Gasteiger partial charge in [-0.05, 0) is 30.2 Å². The van der Waals surface area contributed by atoms with Crippen molar-refractivity contribution in [3.8, 4) is 12.3 Å². The molecule has 0 unspecified atom stereocenters. The van der Waals surface area contributed by atoms with E-state index in [4.69, 9.17) is 6.42 Å². The minimum absolute atomic E-state index is 0.721. The van der Waals surface area contributed by atoms with Crippen LogP contribution in [0.15, 0.2) is 22.7 Å². The Balaban J connectivity index is 3.01. The van der Waals surface area contributed by atoms with Crippen LogP contribution in [0.2, 0.25) is 0 Å². The quantitative estimate of drug-likeness (QED) is 0.624. The first-order chi connectivity index (χ1) is 5.24. The Morgan fingerprint density at radius 1 is 1.55 bits per heavy atom. The van der Waals surface area contributed by atoms with Crippen LogP contribution >= 0.6 is 15.9 Å². The lowest BCUT2D eigenvalue weighted by molar-refractivity contribution is 1.24. The molecule has 0 fully saturated rings. The van der Waals surface area contributed by atoms with Gasteiger partial charge in [0.25, 0.3) is 0 Å². The molecule has 0 amide bonds. The number of rotatable bonds is 1. The van der Waals surface area contributed by atoms with E-state index in [0.29, 0.717) is 0 Å². The lowest BCUT2D eigenvalue weighted by Crippen LogP contribution is -1.85. The van der Waals surface area contributed by atoms with Crippen LogP contribution < -0.4 is 0 Å². The van der Waals surface area contributed by atoms with Crippen molar-refractivity contribution in [3.05, 3.63) is 33.8 Å². The third-order valence-electron chi connectivity index (χ3n) is 1.60. The fourth-order valence-corrected chi connectivity index (χ4v) is 1.44. The lowest BCUT2D eigenvalue weighted by Gasteiger charge is -2.00. The lowest BCUT2D eigenvalue weighted by atomic mass is 10.1. The fourth-order valence-electron chi connectivity index (χ4n) is 0.968. The van der Waals surface area contributed by atoms with Gasteiger partial charge in [0.2, 0.25) is 0 Å². The Labute approximate surface area is 75.8 Å². The fraction of sp³-hybridized carbons (Fsp3) is 0.200. The van der Waals surface area contributed by atoms with E-state index in [1.54, 1.807) is 0 Å². The van der Waals surface area contributed by atoms with Crippen molar-refractivity contribution in [1.29, 1.82) is 0 Å². The molecule has 1 heteroatoms. The van der Waals surface area contributed by atoms with Crippen LogP contribution in [0.1, 0.15) is 11.1 Å². The maximum atomic E-state index is 5.21. The molecule has 0 aliphatic heterocycles. The summed E-state index contributed by atoms with van der Waals surface area (Å²) in [6.07, 6.45) is 5.93. The average molecular weight is 209 g/mol. The van der Waals surface area contributed by atoms with E-state index < -0.39 is 0 Å². The second-order valence-corrected chi connectivity index (χ2v) is 3.37. The van der Waals surface area contributed by atoms with Crippen molar-refractivity contribution in [2.24, 2.45) is 0 Å². The first-order valence-electron chi connectivity index (χ1n) is 3.42. The highest BCUT2D eigenvalue weighted by atomic mass is 79.9. The summed E-state index contributed by atoms with van der Waals surface area (Å²) < 4.78 is 1.11. The molecule has 0 N–H and O–H groups in total. The van der Waals surface area contributed by atoms with Gasteiger partial charge in [-0.15, -0.1) is 12.3 Å². The number of benzene rings is 1. The summed E-state index contributed by atoms with van der Waals surface area (Å²) >= 11 is 3.40. The van der Waals surface area contributed by atoms with E-state index in [1.807, 2.05) is 6.07 Å². The molecule has 0 saturated carbocycles. The topological polar surface area (TPSA) is 0 Å². The van der Waals surface area contributed by atoms with Crippen LogP contribution in [0, 0.1) is 19.3 Å². The highest BCUT2D eigenvalue weighted by Gasteiger charge is 1.95. The van der Waals surface area contributed by atoms with Gasteiger partial charge in [-0.1, -0.05) is 22.0 Å². The smallest absolute Gasteiger partial charge is 0.0340 e. The molecule has 0 bridgehead atoms. The van der Waals surface area contributed by atoms with Crippen LogP contribution in [0.25, 0.3) is 0 Å². The van der Waals surface area contributed by atoms with Crippen molar-refractivity contribution in [2.45, 2.75) is 13.3 Å². The first-order valence-corrected chi connectivity index (χ1v) is 4.22. The summed E-state index contributed by atoms with van der Waals surface area (Å²) in [7, 11) is 0. The zero-order valence-electron chi connectivity index (χ0n) is 6.39. The minimum Gasteiger partial charge on any atom is -0.120 e. The van der Waals surface area contributed by atoms with E-state index in [2.05, 4.69) is 40.9 Å². The Morgan fingerprint density at radius 2 is 2.27 bits per heavy atom. The molecule has 0 spiro atoms. The third kappa shape index (κ3) is 2.10. The Bertz CT molecular complexity index is 294. The molecule has 0 saturated heterocycles. The van der Waals surface area contributed by atoms with E-state index >= 15 is 0 Å². The molecule has 56 valence electrons. The van der Waals surface area contributed by atoms with Gasteiger partial charge in [0.05, 0.1) is 0 Å². The van der Waals surface area contributed by atoms with Gasteiger partial charge < -0.3 is 0 Å². The van der Waals surface area contributed by atoms with Gasteiger partial charge in [-0.25, -0.2) is 0 Å². The van der Waals surface area contributed by atoms with Gasteiger partial charge >= 0.3 is 0 Å². The van der Waals surface area contributed by atoms with Gasteiger partial charge in [-0.2, -0.15) is 0 Å². The molecular weight excluding hydrogens is 200 g/mol. The molecule has 0 aromatic heterocycles. The molecule has 1 aromatic rings. The number of hydrogen-bond donors (Lipinski definition) is 0. The largest absolute Gasteiger partial charge is 0.120 e. The molecule has 11 heavy (non-hydrogen) atoms. The summed E-state index contributed by atoms with van der Waals surface area (Å²) in [4.78, 5) is 0. The minimum atomic E-state index is 0.721. The normalized spacial score (nSPS) is 9.18. The van der Waals surface area contributed by atoms with Crippen LogP contribution in [0.3, 0.4) is 0 Å². The predicted octanol–water partition coefficient (Wildman–Crippen LogP) is 2.93. The molecule has 0 radical (unpaired) electrons. The number of terminal acetylenes is 1. The van der Waals surface area contributed by atoms with Crippen LogP contribution in [-0.2, 0) is 6.42 Å². The summed E-state index contributed by atoms with van der Waals surface area (Å²) in [5.74, 6) is 2.63. The van der Waals surface area contributed by atoms with Crippen LogP contribution in [-0.4, -0.2) is 0 Å². The van der Waals surface area contributed by atoms with E-state index in [0.717, 1.165) is 10.9 Å². The molecular formula is C10H9Br. The zero-order valence-corrected chi connectivity index (χ0v) is 7.98. The maximum Gasteiger partial charge on any atom is 0.0340 e. The Hall–Kier alpha value is -0.740. The highest BCUT2D eigenvalue weighted by molar-refractivity contribution is 9.10. The third-order valence-corrected chi connectivity index (χ3v) is 2.09. The van der Waals surface area contributed by atoms with Crippen molar-refractivity contribution < 1.29 is 0 Å². The van der Waals surface area contributed by atoms with Gasteiger partial charge in [0.15, 0.2) is 0 Å². The van der Waals surface area contributed by atoms with Crippen LogP contribution in [0.4, 0.5) is 0 Å². The van der Waals surface area contributed by atoms with Crippen molar-refractivity contribution in [2.75, 3.05) is 0 Å². The zero-order chi connectivity index (χ0) is 8.27. The van der Waals surface area contributed by atoms with Gasteiger partial charge in [-0.3, -0.25) is 0 Å². The first kappa shape index (κ1) is 8.36. The molecule has 0 aliphatic carbocycles.